The van der Waals surface area contributed by atoms with Gasteiger partial charge in [-0.3, -0.25) is 0 Å². The van der Waals surface area contributed by atoms with E-state index < -0.39 is 10.0 Å². The fourth-order valence-corrected chi connectivity index (χ4v) is 4.60. The lowest BCUT2D eigenvalue weighted by Crippen LogP contribution is -2.34. The van der Waals surface area contributed by atoms with Gasteiger partial charge in [-0.25, -0.2) is 18.1 Å². The molecule has 126 valence electrons. The number of nitrogens with zero attached hydrogens (tertiary/aromatic N) is 1. The molecule has 1 fully saturated rings. The molecule has 0 atom stereocenters. The van der Waals surface area contributed by atoms with Crippen molar-refractivity contribution in [1.82, 2.24) is 9.71 Å². The highest BCUT2D eigenvalue weighted by Gasteiger charge is 2.22. The third-order valence-corrected chi connectivity index (χ3v) is 6.77. The Morgan fingerprint density at radius 3 is 2.65 bits per heavy atom. The molecule has 0 amide bonds. The van der Waals surface area contributed by atoms with E-state index in [1.54, 1.807) is 18.3 Å². The van der Waals surface area contributed by atoms with E-state index >= 15 is 0 Å². The van der Waals surface area contributed by atoms with Crippen LogP contribution in [-0.4, -0.2) is 31.7 Å². The van der Waals surface area contributed by atoms with Gasteiger partial charge in [0.25, 0.3) is 0 Å². The summed E-state index contributed by atoms with van der Waals surface area (Å²) in [4.78, 5) is 4.62. The Labute approximate surface area is 141 Å². The minimum atomic E-state index is -3.07. The van der Waals surface area contributed by atoms with E-state index in [0.29, 0.717) is 18.5 Å². The summed E-state index contributed by atoms with van der Waals surface area (Å²) in [5.74, 6) is 0.603. The van der Waals surface area contributed by atoms with Gasteiger partial charge in [-0.2, -0.15) is 0 Å². The number of hydrogen-bond acceptors (Lipinski definition) is 5. The predicted molar refractivity (Wildman–Crippen MR) is 96.5 cm³/mol. The van der Waals surface area contributed by atoms with Crippen LogP contribution < -0.4 is 10.0 Å². The van der Waals surface area contributed by atoms with Crippen molar-refractivity contribution in [3.8, 4) is 0 Å². The molecule has 0 spiro atoms. The molecule has 0 aliphatic heterocycles. The van der Waals surface area contributed by atoms with E-state index in [-0.39, 0.29) is 5.75 Å². The summed E-state index contributed by atoms with van der Waals surface area (Å²) in [5, 5.41) is 4.53. The van der Waals surface area contributed by atoms with Gasteiger partial charge in [0.15, 0.2) is 5.13 Å². The molecule has 1 saturated carbocycles. The van der Waals surface area contributed by atoms with Crippen LogP contribution in [0.2, 0.25) is 0 Å². The van der Waals surface area contributed by atoms with E-state index in [4.69, 9.17) is 0 Å². The number of thiazole rings is 1. The zero-order valence-corrected chi connectivity index (χ0v) is 14.9. The number of nitrogens with one attached hydrogen (secondary N) is 2. The molecule has 0 radical (unpaired) electrons. The van der Waals surface area contributed by atoms with Gasteiger partial charge >= 0.3 is 0 Å². The summed E-state index contributed by atoms with van der Waals surface area (Å²) in [6.07, 6.45) is 4.23. The lowest BCUT2D eigenvalue weighted by atomic mass is 9.86. The van der Waals surface area contributed by atoms with Crippen LogP contribution in [-0.2, 0) is 10.0 Å². The fraction of sp³-hybridized carbons (Fsp3) is 0.562. The van der Waals surface area contributed by atoms with Crippen molar-refractivity contribution in [2.75, 3.05) is 17.6 Å². The minimum absolute atomic E-state index is 0.154. The number of benzene rings is 1. The molecule has 1 aromatic carbocycles. The molecule has 1 heterocycles. The second-order valence-corrected chi connectivity index (χ2v) is 9.23. The van der Waals surface area contributed by atoms with E-state index in [1.165, 1.54) is 4.70 Å². The number of sulfonamides is 1. The van der Waals surface area contributed by atoms with Gasteiger partial charge in [0, 0.05) is 12.6 Å². The largest absolute Gasteiger partial charge is 0.359 e. The van der Waals surface area contributed by atoms with Gasteiger partial charge in [0.2, 0.25) is 10.0 Å². The molecule has 3 rings (SSSR count). The zero-order valence-electron chi connectivity index (χ0n) is 13.3. The fourth-order valence-electron chi connectivity index (χ4n) is 2.97. The van der Waals surface area contributed by atoms with E-state index in [9.17, 15) is 8.42 Å². The number of aromatic nitrogens is 1. The smallest absolute Gasteiger partial charge is 0.211 e. The summed E-state index contributed by atoms with van der Waals surface area (Å²) in [7, 11) is -3.07. The van der Waals surface area contributed by atoms with Crippen LogP contribution in [0.15, 0.2) is 24.3 Å². The van der Waals surface area contributed by atoms with Gasteiger partial charge in [-0.15, -0.1) is 0 Å². The molecule has 0 saturated heterocycles. The third-order valence-electron chi connectivity index (χ3n) is 4.44. The SMILES string of the molecule is CCS(=O)(=O)NCC1CCC(Nc2nc3ccccc3s2)CC1. The normalized spacial score (nSPS) is 22.3. The van der Waals surface area contributed by atoms with Crippen molar-refractivity contribution in [3.05, 3.63) is 24.3 Å². The average Bonchev–Trinajstić information content (AvgIpc) is 2.96. The van der Waals surface area contributed by atoms with Crippen molar-refractivity contribution in [1.29, 1.82) is 0 Å². The maximum atomic E-state index is 11.5. The number of hydrogen-bond donors (Lipinski definition) is 2. The standard InChI is InChI=1S/C16H23N3O2S2/c1-2-23(20,21)17-11-12-7-9-13(10-8-12)18-16-19-14-5-3-4-6-15(14)22-16/h3-6,12-13,17H,2,7-11H2,1H3,(H,18,19). The average molecular weight is 354 g/mol. The predicted octanol–water partition coefficient (Wildman–Crippen LogP) is 3.21. The van der Waals surface area contributed by atoms with Crippen molar-refractivity contribution in [2.45, 2.75) is 38.6 Å². The molecule has 23 heavy (non-hydrogen) atoms. The first-order valence-electron chi connectivity index (χ1n) is 8.15. The molecular formula is C16H23N3O2S2. The van der Waals surface area contributed by atoms with Crippen LogP contribution in [0.3, 0.4) is 0 Å². The van der Waals surface area contributed by atoms with Crippen LogP contribution in [0.25, 0.3) is 10.2 Å². The quantitative estimate of drug-likeness (QED) is 0.836. The highest BCUT2D eigenvalue weighted by Crippen LogP contribution is 2.30. The molecule has 1 aliphatic rings. The second-order valence-electron chi connectivity index (χ2n) is 6.10. The highest BCUT2D eigenvalue weighted by molar-refractivity contribution is 7.89. The lowest BCUT2D eigenvalue weighted by Gasteiger charge is -2.29. The molecule has 7 heteroatoms. The summed E-state index contributed by atoms with van der Waals surface area (Å²) in [6, 6.07) is 8.61. The first-order valence-corrected chi connectivity index (χ1v) is 10.6. The maximum Gasteiger partial charge on any atom is 0.211 e. The zero-order chi connectivity index (χ0) is 16.3. The first-order chi connectivity index (χ1) is 11.1. The molecule has 0 unspecified atom stereocenters. The number of fused-ring (bicyclic) bond motifs is 1. The molecule has 1 aliphatic carbocycles. The van der Waals surface area contributed by atoms with Gasteiger partial charge in [0.1, 0.15) is 0 Å². The third kappa shape index (κ3) is 4.43. The van der Waals surface area contributed by atoms with E-state index in [1.807, 2.05) is 18.2 Å². The van der Waals surface area contributed by atoms with Crippen molar-refractivity contribution in [3.63, 3.8) is 0 Å². The Bertz CT molecular complexity index is 717. The highest BCUT2D eigenvalue weighted by atomic mass is 32.2. The van der Waals surface area contributed by atoms with E-state index in [2.05, 4.69) is 21.1 Å². The summed E-state index contributed by atoms with van der Waals surface area (Å²) < 4.78 is 26.9. The van der Waals surface area contributed by atoms with Crippen molar-refractivity contribution >= 4 is 36.7 Å². The molecule has 2 aromatic rings. The maximum absolute atomic E-state index is 11.5. The molecule has 5 nitrogen and oxygen atoms in total. The van der Waals surface area contributed by atoms with Gasteiger partial charge in [0.05, 0.1) is 16.0 Å². The van der Waals surface area contributed by atoms with Crippen LogP contribution in [0.1, 0.15) is 32.6 Å². The van der Waals surface area contributed by atoms with E-state index in [0.717, 1.165) is 36.3 Å². The Kier molecular flexibility index (Phi) is 5.18. The van der Waals surface area contributed by atoms with Gasteiger partial charge < -0.3 is 5.32 Å². The second kappa shape index (κ2) is 7.15. The van der Waals surface area contributed by atoms with Crippen LogP contribution in [0, 0.1) is 5.92 Å². The number of para-hydroxylation sites is 1. The Hall–Kier alpha value is -1.18. The van der Waals surface area contributed by atoms with Gasteiger partial charge in [-0.1, -0.05) is 23.5 Å². The Balaban J connectivity index is 1.49. The number of anilines is 1. The van der Waals surface area contributed by atoms with Crippen molar-refractivity contribution < 1.29 is 8.42 Å². The monoisotopic (exact) mass is 353 g/mol. The molecule has 0 bridgehead atoms. The summed E-state index contributed by atoms with van der Waals surface area (Å²) >= 11 is 1.69. The first kappa shape index (κ1) is 16.7. The van der Waals surface area contributed by atoms with Crippen LogP contribution >= 0.6 is 11.3 Å². The van der Waals surface area contributed by atoms with Crippen LogP contribution in [0.4, 0.5) is 5.13 Å². The van der Waals surface area contributed by atoms with Gasteiger partial charge in [-0.05, 0) is 50.7 Å². The topological polar surface area (TPSA) is 71.1 Å². The van der Waals surface area contributed by atoms with Crippen molar-refractivity contribution in [2.24, 2.45) is 5.92 Å². The lowest BCUT2D eigenvalue weighted by molar-refractivity contribution is 0.337. The molecule has 1 aromatic heterocycles. The summed E-state index contributed by atoms with van der Waals surface area (Å²) in [5.41, 5.74) is 1.04. The summed E-state index contributed by atoms with van der Waals surface area (Å²) in [6.45, 7) is 2.24. The van der Waals surface area contributed by atoms with Crippen LogP contribution in [0.5, 0.6) is 0 Å². The minimum Gasteiger partial charge on any atom is -0.359 e. The molecule has 2 N–H and O–H groups in total. The Morgan fingerprint density at radius 1 is 1.22 bits per heavy atom. The molecular weight excluding hydrogens is 330 g/mol. The Morgan fingerprint density at radius 2 is 1.96 bits per heavy atom. The number of rotatable bonds is 6.